The van der Waals surface area contributed by atoms with E-state index >= 15 is 0 Å². The third kappa shape index (κ3) is 9.66. The molecule has 0 aliphatic carbocycles. The second-order valence-electron chi connectivity index (χ2n) is 4.02. The Kier molecular flexibility index (Phi) is 9.68. The summed E-state index contributed by atoms with van der Waals surface area (Å²) < 4.78 is 34.3. The van der Waals surface area contributed by atoms with Crippen molar-refractivity contribution in [3.05, 3.63) is 12.7 Å². The highest BCUT2D eigenvalue weighted by Gasteiger charge is 2.17. The molecule has 1 saturated heterocycles. The summed E-state index contributed by atoms with van der Waals surface area (Å²) in [5.74, 6) is -0.599. The van der Waals surface area contributed by atoms with Gasteiger partial charge in [-0.05, 0) is 0 Å². The van der Waals surface area contributed by atoms with Crippen LogP contribution in [0.2, 0.25) is 0 Å². The van der Waals surface area contributed by atoms with E-state index in [1.165, 1.54) is 0 Å². The molecule has 0 saturated carbocycles. The van der Waals surface area contributed by atoms with Gasteiger partial charge in [-0.3, -0.25) is 0 Å². The summed E-state index contributed by atoms with van der Waals surface area (Å²) in [6.45, 7) is 3.90. The lowest BCUT2D eigenvalue weighted by atomic mass is 10.4. The zero-order valence-electron chi connectivity index (χ0n) is 12.4. The third-order valence-corrected chi connectivity index (χ3v) is 2.49. The zero-order valence-corrected chi connectivity index (χ0v) is 13.2. The summed E-state index contributed by atoms with van der Waals surface area (Å²) in [7, 11) is 0. The Morgan fingerprint density at radius 1 is 1.04 bits per heavy atom. The molecule has 1 fully saturated rings. The molecular formula is C13H18O9S. The number of thiocarbonyl (C=S) groups is 1. The first-order valence-electron chi connectivity index (χ1n) is 6.69. The molecule has 0 aromatic carbocycles. The molecule has 0 spiro atoms. The standard InChI is InChI=1S/C13H18O9S/c1-2-11(14)18-3-4-19-12(15)20-5-6-21-13(23)22-10-7-16-9-17-8-10/h2,10H,1,3-9H2. The topological polar surface area (TPSA) is 98.8 Å². The van der Waals surface area contributed by atoms with Crippen molar-refractivity contribution in [3.63, 3.8) is 0 Å². The number of hydrogen-bond acceptors (Lipinski definition) is 10. The van der Waals surface area contributed by atoms with Gasteiger partial charge in [0.05, 0.1) is 13.2 Å². The van der Waals surface area contributed by atoms with Crippen molar-refractivity contribution >= 4 is 29.6 Å². The minimum Gasteiger partial charge on any atom is -0.459 e. The quantitative estimate of drug-likeness (QED) is 0.267. The van der Waals surface area contributed by atoms with E-state index in [0.717, 1.165) is 6.08 Å². The lowest BCUT2D eigenvalue weighted by molar-refractivity contribution is -0.150. The first-order chi connectivity index (χ1) is 11.1. The van der Waals surface area contributed by atoms with Crippen LogP contribution < -0.4 is 0 Å². The summed E-state index contributed by atoms with van der Waals surface area (Å²) in [5.41, 5.74) is 0. The summed E-state index contributed by atoms with van der Waals surface area (Å²) in [6.07, 6.45) is -0.226. The summed E-state index contributed by atoms with van der Waals surface area (Å²) in [4.78, 5) is 21.9. The molecule has 0 aromatic heterocycles. The van der Waals surface area contributed by atoms with Crippen molar-refractivity contribution in [2.75, 3.05) is 46.4 Å². The molecule has 0 aromatic rings. The smallest absolute Gasteiger partial charge is 0.459 e. The van der Waals surface area contributed by atoms with Gasteiger partial charge in [-0.15, -0.1) is 0 Å². The lowest BCUT2D eigenvalue weighted by Gasteiger charge is -2.23. The fraction of sp³-hybridized carbons (Fsp3) is 0.615. The summed E-state index contributed by atoms with van der Waals surface area (Å²) >= 11 is 4.85. The Bertz CT molecular complexity index is 406. The molecule has 0 atom stereocenters. The summed E-state index contributed by atoms with van der Waals surface area (Å²) in [5, 5.41) is -0.0857. The number of rotatable bonds is 8. The maximum absolute atomic E-state index is 11.2. The number of carbonyl (C=O) groups excluding carboxylic acids is 2. The maximum Gasteiger partial charge on any atom is 0.508 e. The van der Waals surface area contributed by atoms with Crippen LogP contribution in [0.25, 0.3) is 0 Å². The van der Waals surface area contributed by atoms with Gasteiger partial charge in [0.2, 0.25) is 0 Å². The van der Waals surface area contributed by atoms with Gasteiger partial charge in [0, 0.05) is 18.3 Å². The number of carbonyl (C=O) groups is 2. The fourth-order valence-corrected chi connectivity index (χ4v) is 1.54. The molecule has 1 aliphatic rings. The number of esters is 1. The van der Waals surface area contributed by atoms with Crippen molar-refractivity contribution < 1.29 is 42.7 Å². The highest BCUT2D eigenvalue weighted by atomic mass is 32.1. The molecule has 1 rings (SSSR count). The zero-order chi connectivity index (χ0) is 16.9. The van der Waals surface area contributed by atoms with E-state index in [1.807, 2.05) is 0 Å². The van der Waals surface area contributed by atoms with Crippen LogP contribution in [0.15, 0.2) is 12.7 Å². The van der Waals surface area contributed by atoms with Crippen molar-refractivity contribution in [1.82, 2.24) is 0 Å². The van der Waals surface area contributed by atoms with Crippen LogP contribution in [0.5, 0.6) is 0 Å². The minimum atomic E-state index is -0.913. The molecule has 0 radical (unpaired) electrons. The van der Waals surface area contributed by atoms with Gasteiger partial charge in [-0.25, -0.2) is 9.59 Å². The third-order valence-electron chi connectivity index (χ3n) is 2.27. The molecule has 9 nitrogen and oxygen atoms in total. The van der Waals surface area contributed by atoms with E-state index < -0.39 is 12.1 Å². The average Bonchev–Trinajstić information content (AvgIpc) is 2.56. The predicted molar refractivity (Wildman–Crippen MR) is 78.7 cm³/mol. The molecule has 10 heteroatoms. The second kappa shape index (κ2) is 11.6. The highest BCUT2D eigenvalue weighted by Crippen LogP contribution is 2.03. The normalized spacial score (nSPS) is 14.4. The molecule has 23 heavy (non-hydrogen) atoms. The van der Waals surface area contributed by atoms with Crippen LogP contribution in [0, 0.1) is 0 Å². The maximum atomic E-state index is 11.2. The van der Waals surface area contributed by atoms with Gasteiger partial charge in [-0.1, -0.05) is 6.58 Å². The Morgan fingerprint density at radius 3 is 2.22 bits per heavy atom. The average molecular weight is 350 g/mol. The fourth-order valence-electron chi connectivity index (χ4n) is 1.32. The molecule has 0 bridgehead atoms. The van der Waals surface area contributed by atoms with Crippen LogP contribution >= 0.6 is 12.2 Å². The molecular weight excluding hydrogens is 332 g/mol. The van der Waals surface area contributed by atoms with E-state index in [-0.39, 0.29) is 44.6 Å². The van der Waals surface area contributed by atoms with Crippen LogP contribution in [0.1, 0.15) is 0 Å². The predicted octanol–water partition coefficient (Wildman–Crippen LogP) is 0.560. The van der Waals surface area contributed by atoms with E-state index in [2.05, 4.69) is 16.1 Å². The van der Waals surface area contributed by atoms with Crippen LogP contribution in [-0.4, -0.2) is 69.9 Å². The summed E-state index contributed by atoms with van der Waals surface area (Å²) in [6, 6.07) is 0. The van der Waals surface area contributed by atoms with Crippen molar-refractivity contribution in [3.8, 4) is 0 Å². The Hall–Kier alpha value is -1.91. The Balaban J connectivity index is 1.96. The first-order valence-corrected chi connectivity index (χ1v) is 7.10. The monoisotopic (exact) mass is 350 g/mol. The number of hydrogen-bond donors (Lipinski definition) is 0. The Labute approximate surface area is 138 Å². The molecule has 1 heterocycles. The SMILES string of the molecule is C=CC(=O)OCCOC(=O)OCCOC(=S)OC1COCOC1. The van der Waals surface area contributed by atoms with E-state index in [0.29, 0.717) is 13.2 Å². The lowest BCUT2D eigenvalue weighted by Crippen LogP contribution is -2.33. The van der Waals surface area contributed by atoms with Crippen LogP contribution in [-0.2, 0) is 38.0 Å². The van der Waals surface area contributed by atoms with Crippen molar-refractivity contribution in [2.24, 2.45) is 0 Å². The van der Waals surface area contributed by atoms with Crippen LogP contribution in [0.4, 0.5) is 4.79 Å². The van der Waals surface area contributed by atoms with Gasteiger partial charge in [0.25, 0.3) is 0 Å². The van der Waals surface area contributed by atoms with E-state index in [1.54, 1.807) is 0 Å². The molecule has 1 aliphatic heterocycles. The van der Waals surface area contributed by atoms with Gasteiger partial charge in [-0.2, -0.15) is 0 Å². The number of ether oxygens (including phenoxy) is 7. The Morgan fingerprint density at radius 2 is 1.61 bits per heavy atom. The van der Waals surface area contributed by atoms with Gasteiger partial charge >= 0.3 is 17.4 Å². The molecule has 0 amide bonds. The van der Waals surface area contributed by atoms with Crippen molar-refractivity contribution in [1.29, 1.82) is 0 Å². The van der Waals surface area contributed by atoms with Gasteiger partial charge < -0.3 is 33.2 Å². The van der Waals surface area contributed by atoms with E-state index in [9.17, 15) is 9.59 Å². The second-order valence-corrected chi connectivity index (χ2v) is 4.35. The largest absolute Gasteiger partial charge is 0.508 e. The van der Waals surface area contributed by atoms with Crippen LogP contribution in [0.3, 0.4) is 0 Å². The highest BCUT2D eigenvalue weighted by molar-refractivity contribution is 7.79. The molecule has 0 unspecified atom stereocenters. The minimum absolute atomic E-state index is 0.00776. The van der Waals surface area contributed by atoms with Gasteiger partial charge in [0.1, 0.15) is 39.3 Å². The molecule has 0 N–H and O–H groups in total. The van der Waals surface area contributed by atoms with Crippen molar-refractivity contribution in [2.45, 2.75) is 6.10 Å². The molecule has 130 valence electrons. The first kappa shape index (κ1) is 19.1. The van der Waals surface area contributed by atoms with Gasteiger partial charge in [0.15, 0.2) is 0 Å². The van der Waals surface area contributed by atoms with E-state index in [4.69, 9.17) is 35.9 Å².